The molecular formula is C27H36N2O4. The molecule has 0 aliphatic carbocycles. The number of carbonyl (C=O) groups is 2. The van der Waals surface area contributed by atoms with Gasteiger partial charge in [0.25, 0.3) is 0 Å². The smallest absolute Gasteiger partial charge is 0.407 e. The maximum atomic E-state index is 12.7. The molecule has 0 radical (unpaired) electrons. The van der Waals surface area contributed by atoms with Crippen molar-refractivity contribution in [2.75, 3.05) is 6.54 Å². The molecular weight excluding hydrogens is 416 g/mol. The molecule has 2 aromatic carbocycles. The normalized spacial score (nSPS) is 13.4. The largest absolute Gasteiger partial charge is 0.445 e. The molecule has 6 heteroatoms. The van der Waals surface area contributed by atoms with Gasteiger partial charge in [0.15, 0.2) is 0 Å². The van der Waals surface area contributed by atoms with Gasteiger partial charge in [0.05, 0.1) is 18.1 Å². The number of rotatable bonds is 13. The fourth-order valence-corrected chi connectivity index (χ4v) is 3.52. The molecule has 3 atom stereocenters. The number of aliphatic hydroxyl groups excluding tert-OH is 1. The van der Waals surface area contributed by atoms with Crippen molar-refractivity contribution in [1.82, 2.24) is 10.6 Å². The first kappa shape index (κ1) is 26.1. The van der Waals surface area contributed by atoms with E-state index in [0.29, 0.717) is 18.5 Å². The predicted molar refractivity (Wildman–Crippen MR) is 131 cm³/mol. The molecule has 6 nitrogen and oxygen atoms in total. The van der Waals surface area contributed by atoms with Crippen LogP contribution in [0.2, 0.25) is 0 Å². The summed E-state index contributed by atoms with van der Waals surface area (Å²) in [5.74, 6) is -0.697. The molecule has 0 unspecified atom stereocenters. The van der Waals surface area contributed by atoms with Crippen molar-refractivity contribution in [2.24, 2.45) is 5.92 Å². The molecule has 178 valence electrons. The van der Waals surface area contributed by atoms with Crippen LogP contribution in [0.25, 0.3) is 0 Å². The monoisotopic (exact) mass is 452 g/mol. The zero-order chi connectivity index (χ0) is 24.1. The van der Waals surface area contributed by atoms with Gasteiger partial charge in [-0.15, -0.1) is 0 Å². The van der Waals surface area contributed by atoms with Gasteiger partial charge in [-0.05, 0) is 37.3 Å². The molecule has 2 rings (SSSR count). The first-order valence-corrected chi connectivity index (χ1v) is 11.5. The Morgan fingerprint density at radius 3 is 2.21 bits per heavy atom. The molecule has 0 spiro atoms. The van der Waals surface area contributed by atoms with E-state index in [0.717, 1.165) is 24.0 Å². The molecule has 0 fully saturated rings. The van der Waals surface area contributed by atoms with E-state index in [1.807, 2.05) is 60.7 Å². The van der Waals surface area contributed by atoms with Crippen LogP contribution in [0.3, 0.4) is 0 Å². The highest BCUT2D eigenvalue weighted by atomic mass is 16.5. The van der Waals surface area contributed by atoms with Gasteiger partial charge in [0.2, 0.25) is 5.91 Å². The summed E-state index contributed by atoms with van der Waals surface area (Å²) < 4.78 is 5.35. The molecule has 0 bridgehead atoms. The van der Waals surface area contributed by atoms with E-state index in [1.165, 1.54) is 0 Å². The number of nitrogens with one attached hydrogen (secondary N) is 2. The predicted octanol–water partition coefficient (Wildman–Crippen LogP) is 4.38. The first-order chi connectivity index (χ1) is 15.9. The number of unbranched alkanes of at least 4 members (excludes halogenated alkanes) is 1. The highest BCUT2D eigenvalue weighted by Crippen LogP contribution is 2.20. The van der Waals surface area contributed by atoms with E-state index >= 15 is 0 Å². The van der Waals surface area contributed by atoms with Gasteiger partial charge >= 0.3 is 6.09 Å². The summed E-state index contributed by atoms with van der Waals surface area (Å²) >= 11 is 0. The van der Waals surface area contributed by atoms with Gasteiger partial charge in [0.1, 0.15) is 6.61 Å². The molecule has 0 aliphatic rings. The van der Waals surface area contributed by atoms with Gasteiger partial charge in [-0.1, -0.05) is 86.2 Å². The Morgan fingerprint density at radius 1 is 1.03 bits per heavy atom. The molecule has 0 aromatic heterocycles. The third-order valence-electron chi connectivity index (χ3n) is 5.50. The van der Waals surface area contributed by atoms with Crippen LogP contribution in [0.4, 0.5) is 4.79 Å². The summed E-state index contributed by atoms with van der Waals surface area (Å²) in [6.07, 6.45) is 0.857. The Hall–Kier alpha value is -3.12. The second-order valence-corrected chi connectivity index (χ2v) is 8.35. The Bertz CT molecular complexity index is 870. The van der Waals surface area contributed by atoms with E-state index < -0.39 is 24.2 Å². The lowest BCUT2D eigenvalue weighted by Crippen LogP contribution is -2.47. The number of hydrogen-bond donors (Lipinski definition) is 3. The van der Waals surface area contributed by atoms with Crippen molar-refractivity contribution in [3.8, 4) is 0 Å². The molecule has 2 amide bonds. The number of aliphatic hydroxyl groups is 1. The van der Waals surface area contributed by atoms with Crippen molar-refractivity contribution in [2.45, 2.75) is 58.3 Å². The summed E-state index contributed by atoms with van der Waals surface area (Å²) in [4.78, 5) is 25.2. The second kappa shape index (κ2) is 14.1. The lowest BCUT2D eigenvalue weighted by molar-refractivity contribution is -0.124. The van der Waals surface area contributed by atoms with Crippen molar-refractivity contribution in [3.05, 3.63) is 83.9 Å². The minimum atomic E-state index is -0.965. The maximum Gasteiger partial charge on any atom is 0.407 e. The number of ether oxygens (including phenoxy) is 1. The average molecular weight is 453 g/mol. The summed E-state index contributed by atoms with van der Waals surface area (Å²) in [5, 5.41) is 16.8. The van der Waals surface area contributed by atoms with Gasteiger partial charge in [-0.25, -0.2) is 4.79 Å². The molecule has 0 aliphatic heterocycles. The minimum Gasteiger partial charge on any atom is -0.445 e. The number of hydrogen-bond acceptors (Lipinski definition) is 4. The first-order valence-electron chi connectivity index (χ1n) is 11.5. The summed E-state index contributed by atoms with van der Waals surface area (Å²) in [5.41, 5.74) is 2.51. The van der Waals surface area contributed by atoms with Crippen LogP contribution in [0.1, 0.15) is 44.2 Å². The maximum absolute atomic E-state index is 12.7. The number of alkyl carbamates (subject to hydrolysis) is 1. The second-order valence-electron chi connectivity index (χ2n) is 8.35. The Morgan fingerprint density at radius 2 is 1.64 bits per heavy atom. The highest BCUT2D eigenvalue weighted by Gasteiger charge is 2.29. The highest BCUT2D eigenvalue weighted by molar-refractivity contribution is 5.81. The molecule has 3 N–H and O–H groups in total. The zero-order valence-corrected chi connectivity index (χ0v) is 19.6. The lowest BCUT2D eigenvalue weighted by atomic mass is 9.89. The van der Waals surface area contributed by atoms with Crippen LogP contribution in [-0.4, -0.2) is 35.8 Å². The molecule has 0 heterocycles. The summed E-state index contributed by atoms with van der Waals surface area (Å²) in [7, 11) is 0. The minimum absolute atomic E-state index is 0.134. The van der Waals surface area contributed by atoms with Crippen LogP contribution >= 0.6 is 0 Å². The Labute approximate surface area is 197 Å². The van der Waals surface area contributed by atoms with E-state index in [-0.39, 0.29) is 18.9 Å². The number of benzene rings is 2. The van der Waals surface area contributed by atoms with Crippen LogP contribution in [0.15, 0.2) is 72.8 Å². The SMILES string of the molecule is C=C(C)[C@@H](C[C@H](O)[C@H](Cc1ccccc1)NC(=O)OCc1ccccc1)C(=O)NCCCC. The van der Waals surface area contributed by atoms with Gasteiger partial charge in [0, 0.05) is 6.54 Å². The van der Waals surface area contributed by atoms with Gasteiger partial charge in [-0.2, -0.15) is 0 Å². The van der Waals surface area contributed by atoms with Crippen LogP contribution < -0.4 is 10.6 Å². The topological polar surface area (TPSA) is 87.7 Å². The molecule has 33 heavy (non-hydrogen) atoms. The van der Waals surface area contributed by atoms with Gasteiger partial charge in [-0.3, -0.25) is 4.79 Å². The van der Waals surface area contributed by atoms with E-state index in [1.54, 1.807) is 6.92 Å². The molecule has 0 saturated heterocycles. The van der Waals surface area contributed by atoms with Crippen molar-refractivity contribution >= 4 is 12.0 Å². The Kier molecular flexibility index (Phi) is 11.2. The van der Waals surface area contributed by atoms with E-state index in [4.69, 9.17) is 4.74 Å². The van der Waals surface area contributed by atoms with Gasteiger partial charge < -0.3 is 20.5 Å². The molecule has 0 saturated carbocycles. The standard InChI is InChI=1S/C27H36N2O4/c1-4-5-16-28-26(31)23(20(2)3)18-25(30)24(17-21-12-8-6-9-13-21)29-27(32)33-19-22-14-10-7-11-15-22/h6-15,23-25,30H,2,4-5,16-19H2,1,3H3,(H,28,31)(H,29,32)/t23-,24+,25+/m1/s1. The summed E-state index contributed by atoms with van der Waals surface area (Å²) in [6, 6.07) is 18.4. The van der Waals surface area contributed by atoms with Crippen LogP contribution in [0, 0.1) is 5.92 Å². The van der Waals surface area contributed by atoms with Crippen LogP contribution in [0.5, 0.6) is 0 Å². The number of carbonyl (C=O) groups excluding carboxylic acids is 2. The number of amides is 2. The fraction of sp³-hybridized carbons (Fsp3) is 0.407. The van der Waals surface area contributed by atoms with Crippen LogP contribution in [-0.2, 0) is 22.6 Å². The van der Waals surface area contributed by atoms with Crippen molar-refractivity contribution in [1.29, 1.82) is 0 Å². The quantitative estimate of drug-likeness (QED) is 0.311. The third kappa shape index (κ3) is 9.49. The zero-order valence-electron chi connectivity index (χ0n) is 19.6. The fourth-order valence-electron chi connectivity index (χ4n) is 3.52. The summed E-state index contributed by atoms with van der Waals surface area (Å²) in [6.45, 7) is 8.51. The third-order valence-corrected chi connectivity index (χ3v) is 5.50. The average Bonchev–Trinajstić information content (AvgIpc) is 2.82. The van der Waals surface area contributed by atoms with Crippen molar-refractivity contribution < 1.29 is 19.4 Å². The van der Waals surface area contributed by atoms with E-state index in [2.05, 4.69) is 24.1 Å². The lowest BCUT2D eigenvalue weighted by Gasteiger charge is -2.27. The molecule has 2 aromatic rings. The van der Waals surface area contributed by atoms with E-state index in [9.17, 15) is 14.7 Å². The van der Waals surface area contributed by atoms with Crippen molar-refractivity contribution in [3.63, 3.8) is 0 Å². The Balaban J connectivity index is 2.06.